The summed E-state index contributed by atoms with van der Waals surface area (Å²) in [5.74, 6) is 1.14. The Bertz CT molecular complexity index is 1100. The number of benzene rings is 1. The van der Waals surface area contributed by atoms with Gasteiger partial charge in [-0.05, 0) is 43.5 Å². The van der Waals surface area contributed by atoms with Crippen LogP contribution >= 0.6 is 0 Å². The Hall–Kier alpha value is -3.75. The molecule has 0 spiro atoms. The van der Waals surface area contributed by atoms with Crippen molar-refractivity contribution in [3.8, 4) is 5.75 Å². The first-order valence-corrected chi connectivity index (χ1v) is 10.6. The molecule has 9 heteroatoms. The fraction of sp³-hybridized carbons (Fsp3) is 0.348. The van der Waals surface area contributed by atoms with Gasteiger partial charge in [0.15, 0.2) is 0 Å². The van der Waals surface area contributed by atoms with Crippen molar-refractivity contribution in [2.45, 2.75) is 32.2 Å². The maximum Gasteiger partial charge on any atom is 0.271 e. The molecule has 166 valence electrons. The summed E-state index contributed by atoms with van der Waals surface area (Å²) in [6.07, 6.45) is 4.91. The van der Waals surface area contributed by atoms with Gasteiger partial charge in [-0.1, -0.05) is 12.1 Å². The van der Waals surface area contributed by atoms with Crippen LogP contribution in [0, 0.1) is 6.92 Å². The Morgan fingerprint density at radius 3 is 2.94 bits per heavy atom. The molecule has 32 heavy (non-hydrogen) atoms. The van der Waals surface area contributed by atoms with E-state index < -0.39 is 0 Å². The fourth-order valence-electron chi connectivity index (χ4n) is 3.88. The predicted octanol–water partition coefficient (Wildman–Crippen LogP) is 2.47. The van der Waals surface area contributed by atoms with Crippen LogP contribution in [0.3, 0.4) is 0 Å². The number of hydrogen-bond donors (Lipinski definition) is 2. The van der Waals surface area contributed by atoms with E-state index in [-0.39, 0.29) is 17.7 Å². The number of methoxy groups -OCH3 is 1. The number of aromatic amines is 1. The highest BCUT2D eigenvalue weighted by Gasteiger charge is 2.28. The summed E-state index contributed by atoms with van der Waals surface area (Å²) in [5.41, 5.74) is 2.48. The van der Waals surface area contributed by atoms with Crippen molar-refractivity contribution in [2.24, 2.45) is 0 Å². The molecule has 2 amide bonds. The van der Waals surface area contributed by atoms with Crippen molar-refractivity contribution in [3.05, 3.63) is 71.1 Å². The molecule has 0 aliphatic carbocycles. The number of likely N-dealkylation sites (tertiary alicyclic amines) is 1. The lowest BCUT2D eigenvalue weighted by Crippen LogP contribution is -2.39. The van der Waals surface area contributed by atoms with E-state index in [4.69, 9.17) is 4.74 Å². The van der Waals surface area contributed by atoms with Gasteiger partial charge in [0.05, 0.1) is 18.4 Å². The molecule has 4 rings (SSSR count). The maximum atomic E-state index is 12.7. The first-order chi connectivity index (χ1) is 15.5. The van der Waals surface area contributed by atoms with E-state index >= 15 is 0 Å². The SMILES string of the molecule is COc1cccc(CNC(=O)c2cnc(C3CCCN(C(=O)c4ccn[nH]4)C3)nc2C)c1. The van der Waals surface area contributed by atoms with Gasteiger partial charge >= 0.3 is 0 Å². The zero-order valence-electron chi connectivity index (χ0n) is 18.2. The molecule has 3 heterocycles. The Kier molecular flexibility index (Phi) is 6.44. The summed E-state index contributed by atoms with van der Waals surface area (Å²) in [6, 6.07) is 9.22. The Morgan fingerprint density at radius 2 is 2.19 bits per heavy atom. The normalized spacial score (nSPS) is 15.9. The number of rotatable bonds is 6. The van der Waals surface area contributed by atoms with Crippen molar-refractivity contribution in [2.75, 3.05) is 20.2 Å². The first kappa shape index (κ1) is 21.5. The molecule has 2 aromatic heterocycles. The van der Waals surface area contributed by atoms with Crippen LogP contribution in [0.4, 0.5) is 0 Å². The van der Waals surface area contributed by atoms with Crippen molar-refractivity contribution in [1.82, 2.24) is 30.4 Å². The number of carbonyl (C=O) groups is 2. The van der Waals surface area contributed by atoms with Crippen LogP contribution in [-0.2, 0) is 6.54 Å². The van der Waals surface area contributed by atoms with Crippen LogP contribution in [0.25, 0.3) is 0 Å². The molecule has 9 nitrogen and oxygen atoms in total. The van der Waals surface area contributed by atoms with Gasteiger partial charge < -0.3 is 15.0 Å². The summed E-state index contributed by atoms with van der Waals surface area (Å²) in [5, 5.41) is 9.49. The van der Waals surface area contributed by atoms with Crippen LogP contribution in [-0.4, -0.2) is 57.1 Å². The summed E-state index contributed by atoms with van der Waals surface area (Å²) in [4.78, 5) is 36.2. The summed E-state index contributed by atoms with van der Waals surface area (Å²) >= 11 is 0. The summed E-state index contributed by atoms with van der Waals surface area (Å²) in [6.45, 7) is 3.42. The molecule has 1 unspecified atom stereocenters. The van der Waals surface area contributed by atoms with Crippen molar-refractivity contribution in [1.29, 1.82) is 0 Å². The largest absolute Gasteiger partial charge is 0.497 e. The monoisotopic (exact) mass is 434 g/mol. The van der Waals surface area contributed by atoms with Gasteiger partial charge in [-0.3, -0.25) is 14.7 Å². The molecule has 0 radical (unpaired) electrons. The minimum atomic E-state index is -0.225. The molecule has 1 aromatic carbocycles. The first-order valence-electron chi connectivity index (χ1n) is 10.6. The van der Waals surface area contributed by atoms with Gasteiger partial charge in [0, 0.05) is 37.9 Å². The second-order valence-corrected chi connectivity index (χ2v) is 7.82. The highest BCUT2D eigenvalue weighted by molar-refractivity contribution is 5.94. The van der Waals surface area contributed by atoms with Crippen molar-refractivity contribution in [3.63, 3.8) is 0 Å². The van der Waals surface area contributed by atoms with E-state index in [1.54, 1.807) is 30.5 Å². The zero-order chi connectivity index (χ0) is 22.5. The summed E-state index contributed by atoms with van der Waals surface area (Å²) < 4.78 is 5.22. The lowest BCUT2D eigenvalue weighted by Gasteiger charge is -2.31. The highest BCUT2D eigenvalue weighted by Crippen LogP contribution is 2.26. The lowest BCUT2D eigenvalue weighted by atomic mass is 9.96. The number of aromatic nitrogens is 4. The molecule has 0 bridgehead atoms. The van der Waals surface area contributed by atoms with Crippen LogP contribution in [0.15, 0.2) is 42.7 Å². The average Bonchev–Trinajstić information content (AvgIpc) is 3.37. The third-order valence-electron chi connectivity index (χ3n) is 5.63. The molecular formula is C23H26N6O3. The minimum absolute atomic E-state index is 0.0308. The molecule has 1 fully saturated rings. The van der Waals surface area contributed by atoms with Gasteiger partial charge in [0.25, 0.3) is 11.8 Å². The zero-order valence-corrected chi connectivity index (χ0v) is 18.2. The molecule has 0 saturated carbocycles. The highest BCUT2D eigenvalue weighted by atomic mass is 16.5. The van der Waals surface area contributed by atoms with Crippen LogP contribution in [0.2, 0.25) is 0 Å². The summed E-state index contributed by atoms with van der Waals surface area (Å²) in [7, 11) is 1.61. The Labute approximate surface area is 186 Å². The third-order valence-corrected chi connectivity index (χ3v) is 5.63. The van der Waals surface area contributed by atoms with E-state index in [1.807, 2.05) is 31.2 Å². The number of amides is 2. The molecule has 1 aliphatic heterocycles. The van der Waals surface area contributed by atoms with Crippen molar-refractivity contribution < 1.29 is 14.3 Å². The number of carbonyl (C=O) groups excluding carboxylic acids is 2. The number of nitrogens with zero attached hydrogens (tertiary/aromatic N) is 4. The number of nitrogens with one attached hydrogen (secondary N) is 2. The fourth-order valence-corrected chi connectivity index (χ4v) is 3.88. The van der Waals surface area contributed by atoms with Gasteiger partial charge in [0.1, 0.15) is 17.3 Å². The average molecular weight is 435 g/mol. The van der Waals surface area contributed by atoms with E-state index in [0.717, 1.165) is 24.2 Å². The Morgan fingerprint density at radius 1 is 1.31 bits per heavy atom. The molecule has 1 saturated heterocycles. The van der Waals surface area contributed by atoms with Crippen LogP contribution in [0.1, 0.15) is 56.7 Å². The number of hydrogen-bond acceptors (Lipinski definition) is 6. The quantitative estimate of drug-likeness (QED) is 0.616. The van der Waals surface area contributed by atoms with Gasteiger partial charge in [-0.2, -0.15) is 5.10 Å². The topological polar surface area (TPSA) is 113 Å². The molecule has 2 N–H and O–H groups in total. The van der Waals surface area contributed by atoms with Crippen molar-refractivity contribution >= 4 is 11.8 Å². The maximum absolute atomic E-state index is 12.7. The van der Waals surface area contributed by atoms with Crippen LogP contribution < -0.4 is 10.1 Å². The molecular weight excluding hydrogens is 408 g/mol. The molecule has 3 aromatic rings. The number of piperidine rings is 1. The number of ether oxygens (including phenoxy) is 1. The van der Waals surface area contributed by atoms with Gasteiger partial charge in [0.2, 0.25) is 0 Å². The van der Waals surface area contributed by atoms with Gasteiger partial charge in [-0.15, -0.1) is 0 Å². The second kappa shape index (κ2) is 9.59. The number of H-pyrrole nitrogens is 1. The number of aryl methyl sites for hydroxylation is 1. The minimum Gasteiger partial charge on any atom is -0.497 e. The van der Waals surface area contributed by atoms with E-state index in [1.165, 1.54) is 0 Å². The Balaban J connectivity index is 1.41. The van der Waals surface area contributed by atoms with E-state index in [2.05, 4.69) is 25.5 Å². The van der Waals surface area contributed by atoms with Gasteiger partial charge in [-0.25, -0.2) is 9.97 Å². The predicted molar refractivity (Wildman–Crippen MR) is 117 cm³/mol. The van der Waals surface area contributed by atoms with Crippen LogP contribution in [0.5, 0.6) is 5.75 Å². The smallest absolute Gasteiger partial charge is 0.271 e. The molecule has 1 atom stereocenters. The third kappa shape index (κ3) is 4.77. The van der Waals surface area contributed by atoms with E-state index in [0.29, 0.717) is 42.4 Å². The molecule has 1 aliphatic rings. The second-order valence-electron chi connectivity index (χ2n) is 7.82. The standard InChI is InChI=1S/C23H26N6O3/c1-15-19(22(30)25-12-16-5-3-7-18(11-16)32-2)13-24-21(27-15)17-6-4-10-29(14-17)23(31)20-8-9-26-28-20/h3,5,7-9,11,13,17H,4,6,10,12,14H2,1-2H3,(H,25,30)(H,26,28). The lowest BCUT2D eigenvalue weighted by molar-refractivity contribution is 0.0698. The van der Waals surface area contributed by atoms with E-state index in [9.17, 15) is 9.59 Å².